The molecule has 9 nitrogen and oxygen atoms in total. The number of benzene rings is 1. The van der Waals surface area contributed by atoms with Crippen LogP contribution in [0.2, 0.25) is 5.02 Å². The van der Waals surface area contributed by atoms with E-state index in [4.69, 9.17) is 28.2 Å². The Hall–Kier alpha value is -3.18. The first-order chi connectivity index (χ1) is 17.2. The fraction of sp³-hybridized carbons (Fsp3) is 0.360. The molecular weight excluding hydrogens is 485 g/mol. The number of aliphatic hydroxyl groups excluding tert-OH is 1. The van der Waals surface area contributed by atoms with Crippen LogP contribution in [-0.2, 0) is 4.79 Å². The Morgan fingerprint density at radius 1 is 1.14 bits per heavy atom. The van der Waals surface area contributed by atoms with Crippen molar-refractivity contribution in [1.29, 1.82) is 0 Å². The van der Waals surface area contributed by atoms with Crippen molar-refractivity contribution in [1.82, 2.24) is 14.8 Å². The van der Waals surface area contributed by atoms with Gasteiger partial charge in [-0.1, -0.05) is 11.6 Å². The molecule has 1 aliphatic rings. The average Bonchev–Trinajstić information content (AvgIpc) is 2.85. The number of carbonyl (C=O) groups excluding carboxylic acids is 1. The second-order valence-electron chi connectivity index (χ2n) is 8.58. The molecule has 1 aromatic carbocycles. The summed E-state index contributed by atoms with van der Waals surface area (Å²) in [6.45, 7) is 6.70. The summed E-state index contributed by atoms with van der Waals surface area (Å²) in [6, 6.07) is 7.54. The minimum absolute atomic E-state index is 0.135. The van der Waals surface area contributed by atoms with E-state index in [1.54, 1.807) is 25.3 Å². The molecule has 7 N–H and O–H groups in total. The number of aromatic nitrogens is 1. The highest BCUT2D eigenvalue weighted by molar-refractivity contribution is 6.30. The summed E-state index contributed by atoms with van der Waals surface area (Å²) in [6.07, 6.45) is 3.44. The standard InChI is InChI=1S/C25H33ClFN7O2/c1-17(28)23(16-22(29)20-14-18(26)2-3-21(20)27)31-19-4-6-30-24(15-19)32-25(36)5-7-33-8-10-34(11-9-33)12-13-35/h2-4,6,14-16,35H,5,7-13,28-29H2,1H3,(H2,30,31,32,36)/b22-16-,23-17+. The largest absolute Gasteiger partial charge is 0.401 e. The van der Waals surface area contributed by atoms with Gasteiger partial charge < -0.3 is 32.1 Å². The predicted octanol–water partition coefficient (Wildman–Crippen LogP) is 2.41. The topological polar surface area (TPSA) is 133 Å². The lowest BCUT2D eigenvalue weighted by Crippen LogP contribution is -2.47. The molecule has 1 saturated heterocycles. The number of carbonyl (C=O) groups is 1. The highest BCUT2D eigenvalue weighted by Gasteiger charge is 2.17. The predicted molar refractivity (Wildman–Crippen MR) is 142 cm³/mol. The Balaban J connectivity index is 1.59. The summed E-state index contributed by atoms with van der Waals surface area (Å²) in [7, 11) is 0. The van der Waals surface area contributed by atoms with Gasteiger partial charge in [0.25, 0.3) is 0 Å². The van der Waals surface area contributed by atoms with E-state index >= 15 is 0 Å². The number of nitrogens with one attached hydrogen (secondary N) is 2. The van der Waals surface area contributed by atoms with E-state index in [1.165, 1.54) is 24.3 Å². The number of hydrogen-bond donors (Lipinski definition) is 5. The molecule has 0 unspecified atom stereocenters. The number of piperazine rings is 1. The van der Waals surface area contributed by atoms with E-state index < -0.39 is 5.82 Å². The van der Waals surface area contributed by atoms with Gasteiger partial charge in [0.2, 0.25) is 5.91 Å². The summed E-state index contributed by atoms with van der Waals surface area (Å²) in [5, 5.41) is 15.4. The Morgan fingerprint density at radius 2 is 1.83 bits per heavy atom. The number of allylic oxidation sites excluding steroid dienone is 2. The minimum Gasteiger partial charge on any atom is -0.401 e. The number of nitrogens with two attached hydrogens (primary N) is 2. The Morgan fingerprint density at radius 3 is 2.50 bits per heavy atom. The molecule has 1 aliphatic heterocycles. The van der Waals surface area contributed by atoms with Gasteiger partial charge in [-0.15, -0.1) is 0 Å². The van der Waals surface area contributed by atoms with E-state index in [-0.39, 0.29) is 23.8 Å². The van der Waals surface area contributed by atoms with Crippen molar-refractivity contribution in [3.63, 3.8) is 0 Å². The van der Waals surface area contributed by atoms with Crippen LogP contribution in [0.15, 0.2) is 54.0 Å². The van der Waals surface area contributed by atoms with Crippen molar-refractivity contribution in [2.24, 2.45) is 11.5 Å². The Labute approximate surface area is 215 Å². The molecular formula is C25H33ClFN7O2. The fourth-order valence-corrected chi connectivity index (χ4v) is 3.95. The van der Waals surface area contributed by atoms with Gasteiger partial charge in [-0.3, -0.25) is 9.69 Å². The molecule has 0 aliphatic carbocycles. The summed E-state index contributed by atoms with van der Waals surface area (Å²) < 4.78 is 14.2. The van der Waals surface area contributed by atoms with Gasteiger partial charge in [0.05, 0.1) is 12.3 Å². The smallest absolute Gasteiger partial charge is 0.226 e. The second-order valence-corrected chi connectivity index (χ2v) is 9.02. The molecule has 3 rings (SSSR count). The van der Waals surface area contributed by atoms with Gasteiger partial charge in [-0.2, -0.15) is 0 Å². The van der Waals surface area contributed by atoms with E-state index in [1.807, 2.05) is 0 Å². The van der Waals surface area contributed by atoms with Crippen molar-refractivity contribution in [3.05, 3.63) is 70.4 Å². The third-order valence-corrected chi connectivity index (χ3v) is 6.04. The van der Waals surface area contributed by atoms with Crippen LogP contribution in [-0.4, -0.2) is 71.7 Å². The Kier molecular flexibility index (Phi) is 10.1. The number of amides is 1. The first kappa shape index (κ1) is 27.4. The molecule has 2 heterocycles. The fourth-order valence-electron chi connectivity index (χ4n) is 3.78. The quantitative estimate of drug-likeness (QED) is 0.303. The van der Waals surface area contributed by atoms with E-state index in [9.17, 15) is 9.18 Å². The average molecular weight is 518 g/mol. The molecule has 1 amide bonds. The number of β-amino-alcohol motifs (C(OH)–C–C–N with tert-alkyl or cyclic N) is 1. The van der Waals surface area contributed by atoms with Gasteiger partial charge in [0, 0.05) is 85.6 Å². The molecule has 0 saturated carbocycles. The molecule has 0 atom stereocenters. The molecule has 1 aromatic heterocycles. The summed E-state index contributed by atoms with van der Waals surface area (Å²) >= 11 is 5.98. The molecule has 2 aromatic rings. The maximum Gasteiger partial charge on any atom is 0.226 e. The molecule has 36 heavy (non-hydrogen) atoms. The van der Waals surface area contributed by atoms with Crippen LogP contribution < -0.4 is 22.1 Å². The van der Waals surface area contributed by atoms with Crippen LogP contribution >= 0.6 is 11.6 Å². The van der Waals surface area contributed by atoms with Gasteiger partial charge in [-0.25, -0.2) is 9.37 Å². The van der Waals surface area contributed by atoms with E-state index in [0.717, 1.165) is 26.2 Å². The minimum atomic E-state index is -0.497. The zero-order chi connectivity index (χ0) is 26.1. The van der Waals surface area contributed by atoms with Crippen molar-refractivity contribution >= 4 is 34.7 Å². The monoisotopic (exact) mass is 517 g/mol. The van der Waals surface area contributed by atoms with Gasteiger partial charge in [0.1, 0.15) is 11.6 Å². The van der Waals surface area contributed by atoms with Crippen molar-refractivity contribution < 1.29 is 14.3 Å². The second kappa shape index (κ2) is 13.2. The summed E-state index contributed by atoms with van der Waals surface area (Å²) in [5.74, 6) is -0.239. The van der Waals surface area contributed by atoms with Crippen molar-refractivity contribution in [3.8, 4) is 0 Å². The molecule has 0 bridgehead atoms. The van der Waals surface area contributed by atoms with Gasteiger partial charge >= 0.3 is 0 Å². The number of hydrogen-bond acceptors (Lipinski definition) is 8. The third-order valence-electron chi connectivity index (χ3n) is 5.81. The first-order valence-corrected chi connectivity index (χ1v) is 12.1. The number of nitrogens with zero attached hydrogens (tertiary/aromatic N) is 3. The lowest BCUT2D eigenvalue weighted by Gasteiger charge is -2.34. The van der Waals surface area contributed by atoms with Crippen LogP contribution in [0.25, 0.3) is 5.70 Å². The van der Waals surface area contributed by atoms with Crippen LogP contribution in [0.5, 0.6) is 0 Å². The molecule has 0 spiro atoms. The maximum absolute atomic E-state index is 14.2. The zero-order valence-corrected chi connectivity index (χ0v) is 21.1. The van der Waals surface area contributed by atoms with Crippen LogP contribution in [0.1, 0.15) is 18.9 Å². The van der Waals surface area contributed by atoms with Gasteiger partial charge in [-0.05, 0) is 37.3 Å². The number of halogens is 2. The van der Waals surface area contributed by atoms with E-state index in [2.05, 4.69) is 25.4 Å². The molecule has 0 radical (unpaired) electrons. The maximum atomic E-state index is 14.2. The number of rotatable bonds is 10. The summed E-state index contributed by atoms with van der Waals surface area (Å²) in [4.78, 5) is 21.1. The number of anilines is 2. The molecule has 11 heteroatoms. The zero-order valence-electron chi connectivity index (χ0n) is 20.3. The molecule has 1 fully saturated rings. The number of aliphatic hydroxyl groups is 1. The van der Waals surface area contributed by atoms with E-state index in [0.29, 0.717) is 47.4 Å². The SMILES string of the molecule is C/C(N)=C(/C=C(\N)c1cc(Cl)ccc1F)Nc1ccnc(NC(=O)CCN2CCN(CCO)CC2)c1. The first-order valence-electron chi connectivity index (χ1n) is 11.7. The molecule has 194 valence electrons. The van der Waals surface area contributed by atoms with Crippen molar-refractivity contribution in [2.75, 3.05) is 56.5 Å². The third kappa shape index (κ3) is 8.20. The normalized spacial score (nSPS) is 15.9. The van der Waals surface area contributed by atoms with Gasteiger partial charge in [0.15, 0.2) is 0 Å². The highest BCUT2D eigenvalue weighted by atomic mass is 35.5. The van der Waals surface area contributed by atoms with Crippen LogP contribution in [0.3, 0.4) is 0 Å². The Bertz CT molecular complexity index is 1110. The highest BCUT2D eigenvalue weighted by Crippen LogP contribution is 2.22. The summed E-state index contributed by atoms with van der Waals surface area (Å²) in [5.41, 5.74) is 14.0. The lowest BCUT2D eigenvalue weighted by atomic mass is 10.1. The number of pyridine rings is 1. The van der Waals surface area contributed by atoms with Crippen molar-refractivity contribution in [2.45, 2.75) is 13.3 Å². The van der Waals surface area contributed by atoms with Crippen LogP contribution in [0, 0.1) is 5.82 Å². The lowest BCUT2D eigenvalue weighted by molar-refractivity contribution is -0.116. The van der Waals surface area contributed by atoms with Crippen LogP contribution in [0.4, 0.5) is 15.9 Å².